The number of nitrogens with one attached hydrogen (secondary N) is 2. The number of benzene rings is 1. The minimum atomic E-state index is -4.73. The number of carbonyl (C=O) groups is 1. The molecule has 2 N–H and O–H groups in total. The first kappa shape index (κ1) is 18.7. The molecule has 0 saturated carbocycles. The van der Waals surface area contributed by atoms with Gasteiger partial charge in [0.15, 0.2) is 5.69 Å². The Balaban J connectivity index is 1.92. The normalized spacial score (nSPS) is 20.8. The molecule has 2 atom stereocenters. The molecule has 0 bridgehead atoms. The van der Waals surface area contributed by atoms with Gasteiger partial charge in [-0.25, -0.2) is 4.68 Å². The van der Waals surface area contributed by atoms with Gasteiger partial charge in [0.2, 0.25) is 0 Å². The van der Waals surface area contributed by atoms with Crippen molar-refractivity contribution >= 4 is 17.5 Å². The Bertz CT molecular complexity index is 788. The monoisotopic (exact) mass is 386 g/mol. The number of hydrogen-bond acceptors (Lipinski definition) is 3. The molecule has 1 aliphatic heterocycles. The number of alkyl halides is 3. The van der Waals surface area contributed by atoms with Gasteiger partial charge >= 0.3 is 6.18 Å². The zero-order chi connectivity index (χ0) is 18.9. The molecule has 1 aromatic carbocycles. The number of piperidine rings is 1. The molecule has 3 rings (SSSR count). The molecule has 1 saturated heterocycles. The summed E-state index contributed by atoms with van der Waals surface area (Å²) < 4.78 is 41.6. The van der Waals surface area contributed by atoms with E-state index in [0.717, 1.165) is 10.9 Å². The zero-order valence-corrected chi connectivity index (χ0v) is 14.7. The summed E-state index contributed by atoms with van der Waals surface area (Å²) in [6.07, 6.45) is -2.44. The first-order valence-corrected chi connectivity index (χ1v) is 8.59. The topological polar surface area (TPSA) is 59.0 Å². The Morgan fingerprint density at radius 3 is 2.65 bits per heavy atom. The van der Waals surface area contributed by atoms with Crippen LogP contribution in [0.2, 0.25) is 5.02 Å². The van der Waals surface area contributed by atoms with Crippen LogP contribution in [0.1, 0.15) is 35.8 Å². The van der Waals surface area contributed by atoms with Gasteiger partial charge in [0.1, 0.15) is 0 Å². The van der Waals surface area contributed by atoms with Crippen molar-refractivity contribution < 1.29 is 18.0 Å². The van der Waals surface area contributed by atoms with Crippen LogP contribution in [0.15, 0.2) is 30.5 Å². The molecule has 2 unspecified atom stereocenters. The third-order valence-corrected chi connectivity index (χ3v) is 4.56. The third-order valence-electron chi connectivity index (χ3n) is 4.31. The molecular formula is C17H18ClF3N4O. The van der Waals surface area contributed by atoms with Gasteiger partial charge < -0.3 is 10.6 Å². The van der Waals surface area contributed by atoms with E-state index in [1.165, 1.54) is 24.3 Å². The van der Waals surface area contributed by atoms with Crippen molar-refractivity contribution in [2.45, 2.75) is 38.0 Å². The number of rotatable bonds is 3. The van der Waals surface area contributed by atoms with E-state index in [0.29, 0.717) is 24.4 Å². The predicted octanol–water partition coefficient (Wildman–Crippen LogP) is 3.41. The van der Waals surface area contributed by atoms with E-state index in [1.54, 1.807) is 0 Å². The molecule has 0 aliphatic carbocycles. The lowest BCUT2D eigenvalue weighted by atomic mass is 10.0. The van der Waals surface area contributed by atoms with Crippen molar-refractivity contribution in [1.29, 1.82) is 0 Å². The van der Waals surface area contributed by atoms with E-state index >= 15 is 0 Å². The van der Waals surface area contributed by atoms with Gasteiger partial charge in [0.25, 0.3) is 5.91 Å². The molecule has 1 aromatic heterocycles. The van der Waals surface area contributed by atoms with Gasteiger partial charge in [-0.3, -0.25) is 4.79 Å². The number of nitrogens with zero attached hydrogens (tertiary/aromatic N) is 2. The van der Waals surface area contributed by atoms with Crippen LogP contribution in [0.5, 0.6) is 0 Å². The SMILES string of the molecule is CC1CC(NC(=O)c2cnn(-c3ccc(Cl)cc3)c2C(F)(F)F)CCN1. The van der Waals surface area contributed by atoms with E-state index in [1.807, 2.05) is 6.92 Å². The van der Waals surface area contributed by atoms with Gasteiger partial charge in [0, 0.05) is 17.1 Å². The fourth-order valence-electron chi connectivity index (χ4n) is 3.09. The molecular weight excluding hydrogens is 369 g/mol. The van der Waals surface area contributed by atoms with Crippen molar-refractivity contribution in [1.82, 2.24) is 20.4 Å². The van der Waals surface area contributed by atoms with Crippen molar-refractivity contribution in [3.63, 3.8) is 0 Å². The molecule has 2 aromatic rings. The quantitative estimate of drug-likeness (QED) is 0.849. The number of hydrogen-bond donors (Lipinski definition) is 2. The summed E-state index contributed by atoms with van der Waals surface area (Å²) >= 11 is 5.78. The molecule has 0 radical (unpaired) electrons. The molecule has 140 valence electrons. The third kappa shape index (κ3) is 4.02. The first-order valence-electron chi connectivity index (χ1n) is 8.21. The Kier molecular flexibility index (Phi) is 5.24. The van der Waals surface area contributed by atoms with E-state index in [4.69, 9.17) is 11.6 Å². The second kappa shape index (κ2) is 7.28. The minimum absolute atomic E-state index is 0.168. The number of aromatic nitrogens is 2. The Hall–Kier alpha value is -2.06. The Labute approximate surface area is 153 Å². The summed E-state index contributed by atoms with van der Waals surface area (Å²) in [7, 11) is 0. The van der Waals surface area contributed by atoms with Crippen LogP contribution in [0, 0.1) is 0 Å². The van der Waals surface area contributed by atoms with Crippen LogP contribution < -0.4 is 10.6 Å². The van der Waals surface area contributed by atoms with Crippen LogP contribution >= 0.6 is 11.6 Å². The average molecular weight is 387 g/mol. The van der Waals surface area contributed by atoms with Crippen LogP contribution in [-0.2, 0) is 6.18 Å². The summed E-state index contributed by atoms with van der Waals surface area (Å²) in [5.74, 6) is -0.767. The molecule has 1 fully saturated rings. The van der Waals surface area contributed by atoms with Crippen LogP contribution in [0.3, 0.4) is 0 Å². The summed E-state index contributed by atoms with van der Waals surface area (Å²) in [5, 5.41) is 10.1. The minimum Gasteiger partial charge on any atom is -0.349 e. The molecule has 2 heterocycles. The fraction of sp³-hybridized carbons (Fsp3) is 0.412. The maximum Gasteiger partial charge on any atom is 0.434 e. The maximum absolute atomic E-state index is 13.6. The van der Waals surface area contributed by atoms with Gasteiger partial charge in [-0.1, -0.05) is 11.6 Å². The van der Waals surface area contributed by atoms with Crippen molar-refractivity contribution in [2.75, 3.05) is 6.54 Å². The zero-order valence-electron chi connectivity index (χ0n) is 14.0. The lowest BCUT2D eigenvalue weighted by Crippen LogP contribution is -2.46. The second-order valence-corrected chi connectivity index (χ2v) is 6.78. The number of halogens is 4. The van der Waals surface area contributed by atoms with Crippen molar-refractivity contribution in [2.24, 2.45) is 0 Å². The van der Waals surface area contributed by atoms with Crippen LogP contribution in [0.25, 0.3) is 5.69 Å². The second-order valence-electron chi connectivity index (χ2n) is 6.34. The summed E-state index contributed by atoms with van der Waals surface area (Å²) in [6.45, 7) is 2.68. The Morgan fingerprint density at radius 1 is 1.35 bits per heavy atom. The van der Waals surface area contributed by atoms with Crippen molar-refractivity contribution in [3.05, 3.63) is 46.7 Å². The highest BCUT2D eigenvalue weighted by atomic mass is 35.5. The average Bonchev–Trinajstić information content (AvgIpc) is 3.01. The molecule has 9 heteroatoms. The number of carbonyl (C=O) groups excluding carboxylic acids is 1. The highest BCUT2D eigenvalue weighted by Crippen LogP contribution is 2.34. The standard InChI is InChI=1S/C17H18ClF3N4O/c1-10-8-12(6-7-22-10)24-16(26)14-9-23-25(15(14)17(19,20)21)13-4-2-11(18)3-5-13/h2-5,9-10,12,22H,6-8H2,1H3,(H,24,26). The number of amides is 1. The van der Waals surface area contributed by atoms with Gasteiger partial charge in [-0.15, -0.1) is 0 Å². The van der Waals surface area contributed by atoms with Crippen molar-refractivity contribution in [3.8, 4) is 5.69 Å². The highest BCUT2D eigenvalue weighted by Gasteiger charge is 2.41. The lowest BCUT2D eigenvalue weighted by molar-refractivity contribution is -0.143. The smallest absolute Gasteiger partial charge is 0.349 e. The predicted molar refractivity (Wildman–Crippen MR) is 91.5 cm³/mol. The molecule has 0 spiro atoms. The summed E-state index contributed by atoms with van der Waals surface area (Å²) in [4.78, 5) is 12.5. The van der Waals surface area contributed by atoms with Gasteiger partial charge in [-0.2, -0.15) is 18.3 Å². The van der Waals surface area contributed by atoms with E-state index < -0.39 is 23.3 Å². The summed E-state index contributed by atoms with van der Waals surface area (Å²) in [5.41, 5.74) is -1.41. The van der Waals surface area contributed by atoms with Crippen LogP contribution in [0.4, 0.5) is 13.2 Å². The summed E-state index contributed by atoms with van der Waals surface area (Å²) in [6, 6.07) is 5.80. The fourth-order valence-corrected chi connectivity index (χ4v) is 3.22. The lowest BCUT2D eigenvalue weighted by Gasteiger charge is -2.28. The largest absolute Gasteiger partial charge is 0.434 e. The molecule has 26 heavy (non-hydrogen) atoms. The van der Waals surface area contributed by atoms with Gasteiger partial charge in [0.05, 0.1) is 17.4 Å². The maximum atomic E-state index is 13.6. The first-order chi connectivity index (χ1) is 12.3. The van der Waals surface area contributed by atoms with Gasteiger partial charge in [-0.05, 0) is 50.6 Å². The molecule has 1 aliphatic rings. The molecule has 5 nitrogen and oxygen atoms in total. The Morgan fingerprint density at radius 2 is 2.04 bits per heavy atom. The van der Waals surface area contributed by atoms with E-state index in [2.05, 4.69) is 15.7 Å². The highest BCUT2D eigenvalue weighted by molar-refractivity contribution is 6.30. The molecule has 1 amide bonds. The van der Waals surface area contributed by atoms with E-state index in [9.17, 15) is 18.0 Å². The van der Waals surface area contributed by atoms with Crippen LogP contribution in [-0.4, -0.2) is 34.3 Å². The van der Waals surface area contributed by atoms with E-state index in [-0.39, 0.29) is 17.8 Å².